The SMILES string of the molecule is Cc1ncc(-n2ccnc2CCN)nc1C. The average Bonchev–Trinajstić information content (AvgIpc) is 2.71. The second-order valence-electron chi connectivity index (χ2n) is 3.65. The van der Waals surface area contributed by atoms with Gasteiger partial charge in [-0.3, -0.25) is 9.55 Å². The minimum atomic E-state index is 0.579. The van der Waals surface area contributed by atoms with Crippen molar-refractivity contribution in [1.82, 2.24) is 19.5 Å². The summed E-state index contributed by atoms with van der Waals surface area (Å²) in [6.45, 7) is 4.47. The van der Waals surface area contributed by atoms with Gasteiger partial charge in [-0.15, -0.1) is 0 Å². The Kier molecular flexibility index (Phi) is 2.96. The van der Waals surface area contributed by atoms with Gasteiger partial charge >= 0.3 is 0 Å². The highest BCUT2D eigenvalue weighted by atomic mass is 15.1. The molecule has 0 aliphatic rings. The Hall–Kier alpha value is -1.75. The molecule has 0 radical (unpaired) electrons. The molecule has 0 unspecified atom stereocenters. The van der Waals surface area contributed by atoms with E-state index >= 15 is 0 Å². The number of aromatic nitrogens is 4. The van der Waals surface area contributed by atoms with E-state index in [4.69, 9.17) is 5.73 Å². The second-order valence-corrected chi connectivity index (χ2v) is 3.65. The van der Waals surface area contributed by atoms with Crippen molar-refractivity contribution in [2.75, 3.05) is 6.54 Å². The van der Waals surface area contributed by atoms with E-state index < -0.39 is 0 Å². The lowest BCUT2D eigenvalue weighted by Crippen LogP contribution is -2.10. The summed E-state index contributed by atoms with van der Waals surface area (Å²) in [6.07, 6.45) is 6.12. The van der Waals surface area contributed by atoms with E-state index in [1.54, 1.807) is 12.4 Å². The van der Waals surface area contributed by atoms with Gasteiger partial charge in [-0.1, -0.05) is 0 Å². The van der Waals surface area contributed by atoms with E-state index in [1.165, 1.54) is 0 Å². The maximum absolute atomic E-state index is 5.53. The molecule has 0 spiro atoms. The number of hydrogen-bond acceptors (Lipinski definition) is 4. The van der Waals surface area contributed by atoms with E-state index in [2.05, 4.69) is 15.0 Å². The van der Waals surface area contributed by atoms with Gasteiger partial charge in [0.2, 0.25) is 0 Å². The summed E-state index contributed by atoms with van der Waals surface area (Å²) in [7, 11) is 0. The first-order valence-electron chi connectivity index (χ1n) is 5.25. The van der Waals surface area contributed by atoms with Crippen LogP contribution in [-0.2, 0) is 6.42 Å². The number of nitrogens with zero attached hydrogens (tertiary/aromatic N) is 4. The van der Waals surface area contributed by atoms with Crippen LogP contribution < -0.4 is 5.73 Å². The van der Waals surface area contributed by atoms with E-state index in [0.717, 1.165) is 29.5 Å². The average molecular weight is 217 g/mol. The standard InChI is InChI=1S/C11H15N5/c1-8-9(2)15-11(7-14-8)16-6-5-13-10(16)3-4-12/h5-7H,3-4,12H2,1-2H3. The predicted molar refractivity (Wildman–Crippen MR) is 61.4 cm³/mol. The van der Waals surface area contributed by atoms with Crippen LogP contribution in [0.1, 0.15) is 17.2 Å². The Labute approximate surface area is 94.4 Å². The zero-order valence-corrected chi connectivity index (χ0v) is 9.51. The van der Waals surface area contributed by atoms with Crippen molar-refractivity contribution < 1.29 is 0 Å². The molecule has 0 aromatic carbocycles. The molecule has 0 bridgehead atoms. The van der Waals surface area contributed by atoms with Gasteiger partial charge in [-0.05, 0) is 20.4 Å². The minimum Gasteiger partial charge on any atom is -0.330 e. The van der Waals surface area contributed by atoms with Gasteiger partial charge < -0.3 is 5.73 Å². The summed E-state index contributed by atoms with van der Waals surface area (Å²) in [5, 5.41) is 0. The normalized spacial score (nSPS) is 10.7. The van der Waals surface area contributed by atoms with E-state index in [1.807, 2.05) is 24.6 Å². The summed E-state index contributed by atoms with van der Waals surface area (Å²) < 4.78 is 1.92. The molecule has 16 heavy (non-hydrogen) atoms. The molecule has 0 aliphatic carbocycles. The van der Waals surface area contributed by atoms with Gasteiger partial charge in [0.15, 0.2) is 5.82 Å². The smallest absolute Gasteiger partial charge is 0.156 e. The minimum absolute atomic E-state index is 0.579. The molecule has 84 valence electrons. The highest BCUT2D eigenvalue weighted by Crippen LogP contribution is 2.09. The molecular formula is C11H15N5. The third kappa shape index (κ3) is 1.94. The van der Waals surface area contributed by atoms with Crippen molar-refractivity contribution in [3.8, 4) is 5.82 Å². The molecule has 0 saturated carbocycles. The monoisotopic (exact) mass is 217 g/mol. The van der Waals surface area contributed by atoms with E-state index in [-0.39, 0.29) is 0 Å². The van der Waals surface area contributed by atoms with Crippen LogP contribution in [-0.4, -0.2) is 26.1 Å². The third-order valence-corrected chi connectivity index (χ3v) is 2.51. The van der Waals surface area contributed by atoms with Crippen LogP contribution in [0.2, 0.25) is 0 Å². The first-order chi connectivity index (χ1) is 7.72. The first-order valence-corrected chi connectivity index (χ1v) is 5.25. The fourth-order valence-electron chi connectivity index (χ4n) is 1.50. The van der Waals surface area contributed by atoms with Gasteiger partial charge in [-0.2, -0.15) is 0 Å². The van der Waals surface area contributed by atoms with Crippen molar-refractivity contribution in [3.05, 3.63) is 35.8 Å². The molecule has 2 rings (SSSR count). The highest BCUT2D eigenvalue weighted by molar-refractivity contribution is 5.25. The van der Waals surface area contributed by atoms with Gasteiger partial charge in [0.05, 0.1) is 17.6 Å². The van der Waals surface area contributed by atoms with Crippen LogP contribution in [0.25, 0.3) is 5.82 Å². The molecule has 0 amide bonds. The van der Waals surface area contributed by atoms with E-state index in [9.17, 15) is 0 Å². The molecule has 0 fully saturated rings. The summed E-state index contributed by atoms with van der Waals surface area (Å²) in [5.41, 5.74) is 7.41. The molecule has 5 nitrogen and oxygen atoms in total. The predicted octanol–water partition coefficient (Wildman–Crippen LogP) is 0.780. The molecule has 0 atom stereocenters. The van der Waals surface area contributed by atoms with Gasteiger partial charge in [0, 0.05) is 18.8 Å². The second kappa shape index (κ2) is 4.40. The summed E-state index contributed by atoms with van der Waals surface area (Å²) >= 11 is 0. The quantitative estimate of drug-likeness (QED) is 0.824. The van der Waals surface area contributed by atoms with Gasteiger partial charge in [-0.25, -0.2) is 9.97 Å². The molecule has 0 aliphatic heterocycles. The molecule has 5 heteroatoms. The van der Waals surface area contributed by atoms with Crippen molar-refractivity contribution in [2.24, 2.45) is 5.73 Å². The number of rotatable bonds is 3. The maximum Gasteiger partial charge on any atom is 0.156 e. The van der Waals surface area contributed by atoms with Crippen LogP contribution in [0.3, 0.4) is 0 Å². The Morgan fingerprint density at radius 2 is 2.06 bits per heavy atom. The third-order valence-electron chi connectivity index (χ3n) is 2.51. The number of imidazole rings is 1. The lowest BCUT2D eigenvalue weighted by atomic mass is 10.3. The van der Waals surface area contributed by atoms with Gasteiger partial charge in [0.1, 0.15) is 5.82 Å². The molecular weight excluding hydrogens is 202 g/mol. The van der Waals surface area contributed by atoms with Crippen LogP contribution in [0.15, 0.2) is 18.6 Å². The highest BCUT2D eigenvalue weighted by Gasteiger charge is 2.06. The Bertz CT molecular complexity index is 489. The van der Waals surface area contributed by atoms with Crippen molar-refractivity contribution in [3.63, 3.8) is 0 Å². The van der Waals surface area contributed by atoms with Crippen LogP contribution >= 0.6 is 0 Å². The van der Waals surface area contributed by atoms with Crippen molar-refractivity contribution >= 4 is 0 Å². The Morgan fingerprint density at radius 1 is 1.25 bits per heavy atom. The van der Waals surface area contributed by atoms with Gasteiger partial charge in [0.25, 0.3) is 0 Å². The van der Waals surface area contributed by atoms with Crippen LogP contribution in [0, 0.1) is 13.8 Å². The zero-order valence-electron chi connectivity index (χ0n) is 9.51. The zero-order chi connectivity index (χ0) is 11.5. The molecule has 0 saturated heterocycles. The number of hydrogen-bond donors (Lipinski definition) is 1. The first kappa shape index (κ1) is 10.8. The maximum atomic E-state index is 5.53. The molecule has 2 aromatic rings. The van der Waals surface area contributed by atoms with Crippen molar-refractivity contribution in [2.45, 2.75) is 20.3 Å². The molecule has 2 N–H and O–H groups in total. The molecule has 2 heterocycles. The fourth-order valence-corrected chi connectivity index (χ4v) is 1.50. The number of nitrogens with two attached hydrogens (primary N) is 1. The molecule has 2 aromatic heterocycles. The van der Waals surface area contributed by atoms with Crippen LogP contribution in [0.4, 0.5) is 0 Å². The van der Waals surface area contributed by atoms with Crippen LogP contribution in [0.5, 0.6) is 0 Å². The van der Waals surface area contributed by atoms with E-state index in [0.29, 0.717) is 6.54 Å². The summed E-state index contributed by atoms with van der Waals surface area (Å²) in [4.78, 5) is 13.0. The van der Waals surface area contributed by atoms with Crippen molar-refractivity contribution in [1.29, 1.82) is 0 Å². The number of aryl methyl sites for hydroxylation is 2. The largest absolute Gasteiger partial charge is 0.330 e. The Morgan fingerprint density at radius 3 is 2.75 bits per heavy atom. The Balaban J connectivity index is 2.42. The topological polar surface area (TPSA) is 69.6 Å². The lowest BCUT2D eigenvalue weighted by Gasteiger charge is -2.07. The lowest BCUT2D eigenvalue weighted by molar-refractivity contribution is 0.812. The summed E-state index contributed by atoms with van der Waals surface area (Å²) in [6, 6.07) is 0. The summed E-state index contributed by atoms with van der Waals surface area (Å²) in [5.74, 6) is 1.71. The fraction of sp³-hybridized carbons (Fsp3) is 0.364.